The molecule has 0 fully saturated rings. The van der Waals surface area contributed by atoms with Crippen LogP contribution in [0.3, 0.4) is 0 Å². The first-order valence-electron chi connectivity index (χ1n) is 6.02. The minimum Gasteiger partial charge on any atom is -0.397 e. The van der Waals surface area contributed by atoms with E-state index in [9.17, 15) is 8.42 Å². The van der Waals surface area contributed by atoms with Crippen LogP contribution in [0.25, 0.3) is 0 Å². The molecule has 0 heterocycles. The zero-order valence-corrected chi connectivity index (χ0v) is 12.2. The molecule has 4 N–H and O–H groups in total. The van der Waals surface area contributed by atoms with Gasteiger partial charge in [-0.05, 0) is 37.3 Å². The zero-order chi connectivity index (χ0) is 14.9. The fraction of sp³-hybridized carbons (Fsp3) is 0.143. The molecule has 5 nitrogen and oxygen atoms in total. The van der Waals surface area contributed by atoms with Crippen LogP contribution in [-0.2, 0) is 10.0 Å². The van der Waals surface area contributed by atoms with Crippen LogP contribution in [0.1, 0.15) is 5.56 Å². The van der Waals surface area contributed by atoms with Gasteiger partial charge in [0.2, 0.25) is 10.0 Å². The summed E-state index contributed by atoms with van der Waals surface area (Å²) < 4.78 is 22.6. The number of nitrogen functional groups attached to an aromatic ring is 1. The van der Waals surface area contributed by atoms with Gasteiger partial charge in [-0.3, -0.25) is 0 Å². The summed E-state index contributed by atoms with van der Waals surface area (Å²) >= 11 is 0. The number of benzene rings is 2. The maximum atomic E-state index is 11.3. The van der Waals surface area contributed by atoms with Gasteiger partial charge in [-0.2, -0.15) is 0 Å². The van der Waals surface area contributed by atoms with Crippen molar-refractivity contribution in [1.82, 2.24) is 0 Å². The summed E-state index contributed by atoms with van der Waals surface area (Å²) in [5.41, 5.74) is 9.14. The summed E-state index contributed by atoms with van der Waals surface area (Å²) in [6.45, 7) is 2.01. The minimum absolute atomic E-state index is 0.0102. The van der Waals surface area contributed by atoms with Gasteiger partial charge in [-0.1, -0.05) is 17.7 Å². The maximum absolute atomic E-state index is 11.3. The number of aryl methyl sites for hydroxylation is 1. The highest BCUT2D eigenvalue weighted by atomic mass is 32.2. The molecule has 0 aliphatic rings. The van der Waals surface area contributed by atoms with Gasteiger partial charge in [-0.25, -0.2) is 13.6 Å². The Balaban J connectivity index is 2.41. The van der Waals surface area contributed by atoms with Crippen LogP contribution in [0, 0.1) is 6.92 Å². The highest BCUT2D eigenvalue weighted by molar-refractivity contribution is 7.89. The Morgan fingerprint density at radius 3 is 2.15 bits per heavy atom. The Morgan fingerprint density at radius 1 is 1.05 bits per heavy atom. The van der Waals surface area contributed by atoms with Crippen LogP contribution in [-0.4, -0.2) is 15.5 Å². The molecule has 0 saturated heterocycles. The molecule has 2 rings (SSSR count). The largest absolute Gasteiger partial charge is 0.397 e. The van der Waals surface area contributed by atoms with Crippen LogP contribution in [0.2, 0.25) is 0 Å². The molecule has 0 bridgehead atoms. The Labute approximate surface area is 118 Å². The van der Waals surface area contributed by atoms with Crippen LogP contribution in [0.4, 0.5) is 17.1 Å². The van der Waals surface area contributed by atoms with Crippen LogP contribution >= 0.6 is 0 Å². The van der Waals surface area contributed by atoms with E-state index in [1.165, 1.54) is 17.7 Å². The molecule has 20 heavy (non-hydrogen) atoms. The Morgan fingerprint density at radius 2 is 1.65 bits per heavy atom. The van der Waals surface area contributed by atoms with Gasteiger partial charge in [0.25, 0.3) is 0 Å². The Kier molecular flexibility index (Phi) is 3.69. The first kappa shape index (κ1) is 14.4. The van der Waals surface area contributed by atoms with E-state index in [0.717, 1.165) is 11.4 Å². The molecular weight excluding hydrogens is 274 g/mol. The lowest BCUT2D eigenvalue weighted by Gasteiger charge is -2.21. The number of sulfonamides is 1. The van der Waals surface area contributed by atoms with Crippen molar-refractivity contribution >= 4 is 27.1 Å². The second-order valence-electron chi connectivity index (χ2n) is 4.66. The zero-order valence-electron chi connectivity index (χ0n) is 11.4. The molecule has 0 aliphatic carbocycles. The van der Waals surface area contributed by atoms with Gasteiger partial charge >= 0.3 is 0 Å². The summed E-state index contributed by atoms with van der Waals surface area (Å²) in [5, 5.41) is 5.08. The van der Waals surface area contributed by atoms with Gasteiger partial charge in [0.05, 0.1) is 16.3 Å². The van der Waals surface area contributed by atoms with E-state index in [4.69, 9.17) is 10.9 Å². The van der Waals surface area contributed by atoms with Gasteiger partial charge in [-0.15, -0.1) is 0 Å². The number of hydrogen-bond donors (Lipinski definition) is 2. The highest BCUT2D eigenvalue weighted by Gasteiger charge is 2.13. The molecule has 0 aliphatic heterocycles. The smallest absolute Gasteiger partial charge is 0.238 e. The molecule has 2 aromatic carbocycles. The van der Waals surface area contributed by atoms with Gasteiger partial charge in [0, 0.05) is 12.7 Å². The number of nitrogens with two attached hydrogens (primary N) is 2. The van der Waals surface area contributed by atoms with Crippen LogP contribution < -0.4 is 15.8 Å². The number of nitrogens with zero attached hydrogens (tertiary/aromatic N) is 1. The van der Waals surface area contributed by atoms with Crippen LogP contribution in [0.15, 0.2) is 47.4 Å². The summed E-state index contributed by atoms with van der Waals surface area (Å²) in [6, 6.07) is 12.4. The lowest BCUT2D eigenvalue weighted by molar-refractivity contribution is 0.598. The van der Waals surface area contributed by atoms with Gasteiger partial charge < -0.3 is 10.6 Å². The lowest BCUT2D eigenvalue weighted by atomic mass is 10.2. The minimum atomic E-state index is -3.74. The van der Waals surface area contributed by atoms with Crippen molar-refractivity contribution in [1.29, 1.82) is 0 Å². The molecule has 0 atom stereocenters. The predicted octanol–water partition coefficient (Wildman–Crippen LogP) is 1.99. The average Bonchev–Trinajstić information content (AvgIpc) is 2.37. The molecule has 2 aromatic rings. The molecule has 0 unspecified atom stereocenters. The number of primary sulfonamides is 1. The lowest BCUT2D eigenvalue weighted by Crippen LogP contribution is -2.15. The fourth-order valence-electron chi connectivity index (χ4n) is 1.92. The molecule has 0 spiro atoms. The third kappa shape index (κ3) is 2.92. The van der Waals surface area contributed by atoms with Crippen molar-refractivity contribution in [3.63, 3.8) is 0 Å². The summed E-state index contributed by atoms with van der Waals surface area (Å²) in [7, 11) is -1.87. The van der Waals surface area contributed by atoms with Crippen molar-refractivity contribution in [2.75, 3.05) is 17.7 Å². The average molecular weight is 291 g/mol. The normalized spacial score (nSPS) is 11.3. The Hall–Kier alpha value is -2.05. The van der Waals surface area contributed by atoms with E-state index in [1.807, 2.05) is 43.1 Å². The number of anilines is 3. The molecule has 0 aromatic heterocycles. The standard InChI is InChI=1S/C14H17N3O2S/c1-10-3-5-11(6-4-10)17(2)14-8-7-12(9-13(14)15)20(16,18)19/h3-9H,15H2,1-2H3,(H2,16,18,19). The van der Waals surface area contributed by atoms with Crippen molar-refractivity contribution in [2.45, 2.75) is 11.8 Å². The molecule has 0 radical (unpaired) electrons. The number of hydrogen-bond acceptors (Lipinski definition) is 4. The van der Waals surface area contributed by atoms with Crippen molar-refractivity contribution in [3.05, 3.63) is 48.0 Å². The summed E-state index contributed by atoms with van der Waals surface area (Å²) in [5.74, 6) is 0. The second kappa shape index (κ2) is 5.15. The monoisotopic (exact) mass is 291 g/mol. The van der Waals surface area contributed by atoms with Crippen molar-refractivity contribution in [3.8, 4) is 0 Å². The summed E-state index contributed by atoms with van der Waals surface area (Å²) in [6.07, 6.45) is 0. The van der Waals surface area contributed by atoms with Crippen molar-refractivity contribution < 1.29 is 8.42 Å². The van der Waals surface area contributed by atoms with E-state index in [-0.39, 0.29) is 4.90 Å². The fourth-order valence-corrected chi connectivity index (χ4v) is 2.47. The van der Waals surface area contributed by atoms with Crippen LogP contribution in [0.5, 0.6) is 0 Å². The first-order chi connectivity index (χ1) is 9.29. The van der Waals surface area contributed by atoms with E-state index < -0.39 is 10.0 Å². The third-order valence-electron chi connectivity index (χ3n) is 3.11. The van der Waals surface area contributed by atoms with E-state index in [2.05, 4.69) is 0 Å². The highest BCUT2D eigenvalue weighted by Crippen LogP contribution is 2.30. The molecule has 0 saturated carbocycles. The topological polar surface area (TPSA) is 89.4 Å². The van der Waals surface area contributed by atoms with Crippen molar-refractivity contribution in [2.24, 2.45) is 5.14 Å². The van der Waals surface area contributed by atoms with E-state index in [0.29, 0.717) is 5.69 Å². The first-order valence-corrected chi connectivity index (χ1v) is 7.56. The molecule has 6 heteroatoms. The molecule has 106 valence electrons. The molecule has 0 amide bonds. The predicted molar refractivity (Wildman–Crippen MR) is 81.5 cm³/mol. The quantitative estimate of drug-likeness (QED) is 0.846. The van der Waals surface area contributed by atoms with Gasteiger partial charge in [0.1, 0.15) is 0 Å². The molecular formula is C14H17N3O2S. The van der Waals surface area contributed by atoms with E-state index in [1.54, 1.807) is 6.07 Å². The second-order valence-corrected chi connectivity index (χ2v) is 6.22. The third-order valence-corrected chi connectivity index (χ3v) is 4.02. The van der Waals surface area contributed by atoms with Gasteiger partial charge in [0.15, 0.2) is 0 Å². The maximum Gasteiger partial charge on any atom is 0.238 e. The Bertz CT molecular complexity index is 725. The van der Waals surface area contributed by atoms with E-state index >= 15 is 0 Å². The SMILES string of the molecule is Cc1ccc(N(C)c2ccc(S(N)(=O)=O)cc2N)cc1. The number of rotatable bonds is 3. The summed E-state index contributed by atoms with van der Waals surface area (Å²) in [4.78, 5) is 1.90.